The Hall–Kier alpha value is -0.970. The summed E-state index contributed by atoms with van der Waals surface area (Å²) >= 11 is 1.38. The third kappa shape index (κ3) is 10.9. The molecule has 172 valence electrons. The highest BCUT2D eigenvalue weighted by Crippen LogP contribution is 2.29. The van der Waals surface area contributed by atoms with Gasteiger partial charge in [-0.05, 0) is 12.2 Å². The maximum Gasteiger partial charge on any atom is 0.151 e. The molecule has 1 aliphatic rings. The summed E-state index contributed by atoms with van der Waals surface area (Å²) in [6.45, 7) is 4.20. The predicted molar refractivity (Wildman–Crippen MR) is 127 cm³/mol. The second-order valence-corrected chi connectivity index (χ2v) is 10.0. The lowest BCUT2D eigenvalue weighted by Crippen LogP contribution is -2.40. The molecule has 1 N–H and O–H groups in total. The van der Waals surface area contributed by atoms with Gasteiger partial charge in [0, 0.05) is 25.2 Å². The van der Waals surface area contributed by atoms with E-state index in [2.05, 4.69) is 6.92 Å². The predicted octanol–water partition coefficient (Wildman–Crippen LogP) is 6.93. The molecule has 30 heavy (non-hydrogen) atoms. The van der Waals surface area contributed by atoms with Crippen molar-refractivity contribution in [2.75, 3.05) is 5.75 Å². The summed E-state index contributed by atoms with van der Waals surface area (Å²) in [6.07, 6.45) is 16.9. The molecule has 1 fully saturated rings. The summed E-state index contributed by atoms with van der Waals surface area (Å²) in [5.41, 5.74) is 0. The van der Waals surface area contributed by atoms with Gasteiger partial charge in [0.2, 0.25) is 0 Å². The van der Waals surface area contributed by atoms with Crippen molar-refractivity contribution in [3.05, 3.63) is 0 Å². The standard InChI is InChI=1S/C25H43NO3S/c1-3-5-6-7-8-9-10-11-12-13-14-15-16-17-21(27)24-22(28)18-20(19-23(24)29)25(26)30-4-2/h20,24,26H,3-19H2,1-2H3. The Kier molecular flexibility index (Phi) is 15.1. The van der Waals surface area contributed by atoms with Gasteiger partial charge in [0.1, 0.15) is 5.92 Å². The van der Waals surface area contributed by atoms with Gasteiger partial charge in [-0.2, -0.15) is 0 Å². The molecule has 0 unspecified atom stereocenters. The molecule has 1 aliphatic carbocycles. The van der Waals surface area contributed by atoms with Crippen molar-refractivity contribution in [2.45, 2.75) is 117 Å². The lowest BCUT2D eigenvalue weighted by Gasteiger charge is -2.25. The van der Waals surface area contributed by atoms with Crippen LogP contribution < -0.4 is 0 Å². The molecule has 4 nitrogen and oxygen atoms in total. The van der Waals surface area contributed by atoms with Gasteiger partial charge >= 0.3 is 0 Å². The monoisotopic (exact) mass is 437 g/mol. The largest absolute Gasteiger partial charge is 0.298 e. The molecule has 1 saturated carbocycles. The van der Waals surface area contributed by atoms with Crippen LogP contribution >= 0.6 is 11.8 Å². The first-order valence-corrected chi connectivity index (χ1v) is 13.3. The quantitative estimate of drug-likeness (QED) is 0.116. The zero-order valence-corrected chi connectivity index (χ0v) is 20.1. The minimum absolute atomic E-state index is 0.173. The Bertz CT molecular complexity index is 529. The lowest BCUT2D eigenvalue weighted by atomic mass is 9.77. The summed E-state index contributed by atoms with van der Waals surface area (Å²) in [5.74, 6) is -1.32. The van der Waals surface area contributed by atoms with E-state index >= 15 is 0 Å². The van der Waals surface area contributed by atoms with E-state index in [1.165, 1.54) is 76.0 Å². The molecule has 0 aromatic heterocycles. The van der Waals surface area contributed by atoms with Crippen molar-refractivity contribution in [3.63, 3.8) is 0 Å². The average Bonchev–Trinajstić information content (AvgIpc) is 2.71. The maximum absolute atomic E-state index is 12.4. The molecule has 0 radical (unpaired) electrons. The van der Waals surface area contributed by atoms with Gasteiger partial charge in [0.15, 0.2) is 17.3 Å². The number of Topliss-reactive ketones (excluding diaryl/α,β-unsaturated/α-hetero) is 3. The molecule has 0 aliphatic heterocycles. The molecule has 5 heteroatoms. The zero-order chi connectivity index (χ0) is 22.2. The van der Waals surface area contributed by atoms with Crippen LogP contribution in [0.25, 0.3) is 0 Å². The smallest absolute Gasteiger partial charge is 0.151 e. The van der Waals surface area contributed by atoms with E-state index < -0.39 is 5.92 Å². The van der Waals surface area contributed by atoms with Crippen molar-refractivity contribution in [2.24, 2.45) is 11.8 Å². The van der Waals surface area contributed by atoms with E-state index in [9.17, 15) is 14.4 Å². The third-order valence-corrected chi connectivity index (χ3v) is 6.99. The highest BCUT2D eigenvalue weighted by atomic mass is 32.2. The van der Waals surface area contributed by atoms with E-state index in [-0.39, 0.29) is 36.1 Å². The Labute approximate surface area is 188 Å². The molecule has 0 aromatic rings. The van der Waals surface area contributed by atoms with Crippen LogP contribution in [0.4, 0.5) is 0 Å². The van der Waals surface area contributed by atoms with Gasteiger partial charge in [-0.3, -0.25) is 19.8 Å². The first kappa shape index (κ1) is 27.1. The van der Waals surface area contributed by atoms with Crippen LogP contribution in [0.5, 0.6) is 0 Å². The molecule has 0 heterocycles. The third-order valence-electron chi connectivity index (χ3n) is 6.06. The van der Waals surface area contributed by atoms with Gasteiger partial charge in [-0.1, -0.05) is 90.9 Å². The van der Waals surface area contributed by atoms with Gasteiger partial charge in [-0.15, -0.1) is 11.8 Å². The molecule has 0 aromatic carbocycles. The van der Waals surface area contributed by atoms with Gasteiger partial charge in [-0.25, -0.2) is 0 Å². The van der Waals surface area contributed by atoms with E-state index in [1.807, 2.05) is 6.92 Å². The number of thioether (sulfide) groups is 1. The van der Waals surface area contributed by atoms with E-state index in [0.29, 0.717) is 11.5 Å². The summed E-state index contributed by atoms with van der Waals surface area (Å²) in [6, 6.07) is 0. The normalized spacial score (nSPS) is 19.3. The van der Waals surface area contributed by atoms with Crippen molar-refractivity contribution < 1.29 is 14.4 Å². The summed E-state index contributed by atoms with van der Waals surface area (Å²) in [5, 5.41) is 8.38. The Morgan fingerprint density at radius 2 is 1.23 bits per heavy atom. The Balaban J connectivity index is 2.08. The molecule has 0 amide bonds. The number of ketones is 3. The van der Waals surface area contributed by atoms with Crippen molar-refractivity contribution in [1.29, 1.82) is 5.41 Å². The number of hydrogen-bond acceptors (Lipinski definition) is 5. The minimum atomic E-state index is -1.04. The molecule has 0 saturated heterocycles. The van der Waals surface area contributed by atoms with E-state index in [4.69, 9.17) is 5.41 Å². The minimum Gasteiger partial charge on any atom is -0.298 e. The highest BCUT2D eigenvalue weighted by molar-refractivity contribution is 8.13. The van der Waals surface area contributed by atoms with Crippen LogP contribution in [-0.4, -0.2) is 28.1 Å². The molecule has 0 atom stereocenters. The number of nitrogens with one attached hydrogen (secondary N) is 1. The highest BCUT2D eigenvalue weighted by Gasteiger charge is 2.40. The van der Waals surface area contributed by atoms with Crippen LogP contribution in [0.1, 0.15) is 117 Å². The zero-order valence-electron chi connectivity index (χ0n) is 19.3. The average molecular weight is 438 g/mol. The van der Waals surface area contributed by atoms with Crippen LogP contribution in [0.3, 0.4) is 0 Å². The topological polar surface area (TPSA) is 75.1 Å². The maximum atomic E-state index is 12.4. The first-order chi connectivity index (χ1) is 14.5. The second-order valence-electron chi connectivity index (χ2n) is 8.73. The molecule has 1 rings (SSSR count). The number of unbranched alkanes of at least 4 members (excludes halogenated alkanes) is 12. The van der Waals surface area contributed by atoms with Crippen LogP contribution in [-0.2, 0) is 14.4 Å². The molecular weight excluding hydrogens is 394 g/mol. The number of carbonyl (C=O) groups excluding carboxylic acids is 3. The van der Waals surface area contributed by atoms with Gasteiger partial charge in [0.25, 0.3) is 0 Å². The fraction of sp³-hybridized carbons (Fsp3) is 0.840. The van der Waals surface area contributed by atoms with Crippen LogP contribution in [0.2, 0.25) is 0 Å². The van der Waals surface area contributed by atoms with Crippen LogP contribution in [0, 0.1) is 17.2 Å². The molecular formula is C25H43NO3S. The molecule has 0 spiro atoms. The summed E-state index contributed by atoms with van der Waals surface area (Å²) in [7, 11) is 0. The van der Waals surface area contributed by atoms with E-state index in [1.54, 1.807) is 0 Å². The fourth-order valence-corrected chi connectivity index (χ4v) is 4.97. The van der Waals surface area contributed by atoms with E-state index in [0.717, 1.165) is 25.0 Å². The summed E-state index contributed by atoms with van der Waals surface area (Å²) < 4.78 is 0. The SMILES string of the molecule is CCCCCCCCCCCCCCCC(=O)C1C(=O)CC(C(=N)SCC)CC1=O. The first-order valence-electron chi connectivity index (χ1n) is 12.3. The number of hydrogen-bond donors (Lipinski definition) is 1. The second kappa shape index (κ2) is 16.7. The van der Waals surface area contributed by atoms with Crippen molar-refractivity contribution >= 4 is 34.2 Å². The van der Waals surface area contributed by atoms with Crippen molar-refractivity contribution in [1.82, 2.24) is 0 Å². The van der Waals surface area contributed by atoms with Crippen LogP contribution in [0.15, 0.2) is 0 Å². The lowest BCUT2D eigenvalue weighted by molar-refractivity contribution is -0.142. The Morgan fingerprint density at radius 3 is 1.67 bits per heavy atom. The molecule has 0 bridgehead atoms. The Morgan fingerprint density at radius 1 is 0.800 bits per heavy atom. The van der Waals surface area contributed by atoms with Gasteiger partial charge in [0.05, 0.1) is 5.04 Å². The van der Waals surface area contributed by atoms with Gasteiger partial charge < -0.3 is 0 Å². The summed E-state index contributed by atoms with van der Waals surface area (Å²) in [4.78, 5) is 37.1. The fourth-order valence-electron chi connectivity index (χ4n) is 4.25. The van der Waals surface area contributed by atoms with Crippen molar-refractivity contribution in [3.8, 4) is 0 Å². The number of rotatable bonds is 17. The number of carbonyl (C=O) groups is 3.